The zero-order valence-corrected chi connectivity index (χ0v) is 29.9. The molecule has 0 radical (unpaired) electrons. The van der Waals surface area contributed by atoms with Gasteiger partial charge in [0.05, 0.1) is 17.4 Å². The number of anilines is 1. The van der Waals surface area contributed by atoms with Crippen molar-refractivity contribution in [2.45, 2.75) is 45.0 Å². The molecule has 0 bridgehead atoms. The summed E-state index contributed by atoms with van der Waals surface area (Å²) in [6, 6.07) is 16.5. The molecular weight excluding hydrogens is 664 g/mol. The fraction of sp³-hybridized carbons (Fsp3) is 0.394. The first-order valence-corrected chi connectivity index (χ1v) is 17.3. The Balaban J connectivity index is 1.78. The van der Waals surface area contributed by atoms with E-state index in [1.165, 1.54) is 30.7 Å². The predicted molar refractivity (Wildman–Crippen MR) is 206 cm³/mol. The summed E-state index contributed by atoms with van der Waals surface area (Å²) in [5.41, 5.74) is 2.17. The van der Waals surface area contributed by atoms with Crippen LogP contribution in [-0.2, 0) is 25.5 Å². The van der Waals surface area contributed by atoms with Gasteiger partial charge in [0, 0.05) is 5.39 Å². The number of carbonyl (C=O) groups is 4. The molecule has 1 aromatic heterocycles. The van der Waals surface area contributed by atoms with Gasteiger partial charge in [-0.3, -0.25) is 9.78 Å². The van der Waals surface area contributed by atoms with Crippen LogP contribution in [0.3, 0.4) is 0 Å². The summed E-state index contributed by atoms with van der Waals surface area (Å²) in [6.07, 6.45) is 2.93. The van der Waals surface area contributed by atoms with E-state index in [4.69, 9.17) is 0 Å². The van der Waals surface area contributed by atoms with Crippen molar-refractivity contribution < 1.29 is 33.9 Å². The summed E-state index contributed by atoms with van der Waals surface area (Å²) in [5.74, 6) is -1.86. The van der Waals surface area contributed by atoms with Gasteiger partial charge in [-0.1, -0.05) is 48.5 Å². The molecule has 4 amide bonds. The summed E-state index contributed by atoms with van der Waals surface area (Å²) in [7, 11) is -0.0145. The predicted octanol–water partition coefficient (Wildman–Crippen LogP) is -0.589. The van der Waals surface area contributed by atoms with Crippen LogP contribution in [0.25, 0.3) is 10.9 Å². The molecule has 0 unspecified atom stereocenters. The zero-order valence-electron chi connectivity index (χ0n) is 29.9. The van der Waals surface area contributed by atoms with E-state index in [1.807, 2.05) is 54.6 Å². The normalized spacial score (nSPS) is 12.1. The third-order valence-corrected chi connectivity index (χ3v) is 8.12. The summed E-state index contributed by atoms with van der Waals surface area (Å²) >= 11 is 0. The number of nitrogens with one attached hydrogen (secondary N) is 4. The van der Waals surface area contributed by atoms with Gasteiger partial charge in [0.25, 0.3) is 0 Å². The van der Waals surface area contributed by atoms with Crippen molar-refractivity contribution in [3.63, 3.8) is 0 Å². The van der Waals surface area contributed by atoms with Crippen LogP contribution in [-0.4, -0.2) is 135 Å². The van der Waals surface area contributed by atoms with Crippen LogP contribution in [0, 0.1) is 0 Å². The first-order valence-electron chi connectivity index (χ1n) is 17.3. The van der Waals surface area contributed by atoms with E-state index in [9.17, 15) is 33.9 Å². The average Bonchev–Trinajstić information content (AvgIpc) is 3.11. The molecule has 2 atom stereocenters. The number of carbonyl (C=O) groups excluding carboxylic acids is 4. The van der Waals surface area contributed by atoms with E-state index in [2.05, 4.69) is 31.1 Å². The summed E-state index contributed by atoms with van der Waals surface area (Å²) in [6.45, 7) is 4.02. The number of rotatable bonds is 22. The van der Waals surface area contributed by atoms with E-state index < -0.39 is 43.9 Å². The molecule has 3 rings (SSSR count). The Morgan fingerprint density at radius 3 is 2.35 bits per heavy atom. The second-order valence-corrected chi connectivity index (χ2v) is 12.3. The van der Waals surface area contributed by atoms with Gasteiger partial charge in [0.15, 0.2) is 0 Å². The Morgan fingerprint density at radius 2 is 1.65 bits per heavy atom. The number of aliphatic imine (C=N–C) groups is 1. The summed E-state index contributed by atoms with van der Waals surface area (Å²) < 4.78 is 10.8. The number of aryl methyl sites for hydroxylation is 1. The molecule has 272 valence electrons. The van der Waals surface area contributed by atoms with E-state index in [1.54, 1.807) is 12.9 Å². The van der Waals surface area contributed by atoms with Gasteiger partial charge in [-0.2, -0.15) is 0 Å². The molecular formula is C33H46B4N8O7. The molecule has 1 heterocycles. The van der Waals surface area contributed by atoms with Gasteiger partial charge in [-0.05, 0) is 30.9 Å². The number of benzene rings is 2. The average molecular weight is 710 g/mol. The molecule has 3 aromatic rings. The van der Waals surface area contributed by atoms with Gasteiger partial charge in [-0.25, -0.2) is 0 Å². The first kappa shape index (κ1) is 41.7. The zero-order chi connectivity index (χ0) is 37.9. The molecule has 0 fully saturated rings. The number of para-hydroxylation sites is 1. The molecule has 52 heavy (non-hydrogen) atoms. The fourth-order valence-corrected chi connectivity index (χ4v) is 5.42. The minimum absolute atomic E-state index is 0.0890. The van der Waals surface area contributed by atoms with Crippen LogP contribution in [0.15, 0.2) is 71.9 Å². The minimum atomic E-state index is -1.23. The molecule has 0 aliphatic carbocycles. The van der Waals surface area contributed by atoms with Crippen LogP contribution in [0.4, 0.5) is 10.5 Å². The van der Waals surface area contributed by atoms with Crippen molar-refractivity contribution >= 4 is 75.3 Å². The summed E-state index contributed by atoms with van der Waals surface area (Å²) in [5, 5.41) is 31.8. The van der Waals surface area contributed by atoms with Gasteiger partial charge in [0.2, 0.25) is 0 Å². The SMILES string of the molecule is BC(=O)N(CCNB(C)O)CCN(CC/N=C\B=O)C(=O)C[C@H](NB(C)O)C(=O)N[C@@H](CCc1ccccc1)C(=O)Nc1cnc2ccccc2c1. The maximum absolute atomic E-state index is 13.8. The molecule has 6 N–H and O–H groups in total. The van der Waals surface area contributed by atoms with Crippen LogP contribution < -0.4 is 21.1 Å². The van der Waals surface area contributed by atoms with Crippen LogP contribution in [0.1, 0.15) is 18.4 Å². The molecule has 0 aliphatic rings. The summed E-state index contributed by atoms with van der Waals surface area (Å²) in [4.78, 5) is 64.9. The van der Waals surface area contributed by atoms with Crippen LogP contribution in [0.2, 0.25) is 13.6 Å². The third-order valence-electron chi connectivity index (χ3n) is 8.12. The number of aromatic nitrogens is 1. The Labute approximate surface area is 306 Å². The first-order chi connectivity index (χ1) is 25.0. The van der Waals surface area contributed by atoms with E-state index in [-0.39, 0.29) is 51.4 Å². The molecule has 2 aromatic carbocycles. The van der Waals surface area contributed by atoms with E-state index in [0.29, 0.717) is 25.8 Å². The standard InChI is InChI=1S/C33H46B4N8O7/c1-36(51)40-15-17-45(33(34)49)19-18-44(16-14-38-23-35-50)30(46)21-29(43-37(2)52)32(48)42-28(13-12-24-8-4-3-5-9-24)31(47)41-26-20-25-10-6-7-11-27(25)39-22-26/h3-11,20,22-23,28-29,40,43,51-52H,12-19,21,34H2,1-2H3,(H,41,47)(H,42,48)/b38-23-/t28-,29-/m0/s1. The molecule has 0 saturated heterocycles. The number of nitrogens with zero attached hydrogens (tertiary/aromatic N) is 4. The van der Waals surface area contributed by atoms with Gasteiger partial charge in [0.1, 0.15) is 0 Å². The Bertz CT molecular complexity index is 1650. The molecule has 0 saturated carbocycles. The molecule has 15 nitrogen and oxygen atoms in total. The fourth-order valence-electron chi connectivity index (χ4n) is 5.42. The van der Waals surface area contributed by atoms with Crippen molar-refractivity contribution in [2.75, 3.05) is 44.6 Å². The van der Waals surface area contributed by atoms with Crippen molar-refractivity contribution in [3.8, 4) is 0 Å². The number of pyridine rings is 1. The van der Waals surface area contributed by atoms with Crippen molar-refractivity contribution in [3.05, 3.63) is 72.4 Å². The number of hydrogen-bond acceptors (Lipinski definition) is 11. The van der Waals surface area contributed by atoms with Gasteiger partial charge < -0.3 is 10.3 Å². The van der Waals surface area contributed by atoms with Crippen molar-refractivity contribution in [1.29, 1.82) is 0 Å². The third kappa shape index (κ3) is 14.9. The Morgan fingerprint density at radius 1 is 0.942 bits per heavy atom. The topological polar surface area (TPSA) is 206 Å². The number of hydrogen-bond donors (Lipinski definition) is 6. The Kier molecular flexibility index (Phi) is 17.9. The second-order valence-electron chi connectivity index (χ2n) is 12.3. The number of fused-ring (bicyclic) bond motifs is 1. The second kappa shape index (κ2) is 22.3. The Hall–Kier alpha value is -4.70. The van der Waals surface area contributed by atoms with Crippen molar-refractivity contribution in [1.82, 2.24) is 30.6 Å². The van der Waals surface area contributed by atoms with Crippen LogP contribution in [0.5, 0.6) is 0 Å². The van der Waals surface area contributed by atoms with Crippen molar-refractivity contribution in [2.24, 2.45) is 4.99 Å². The number of amides is 4. The minimum Gasteiger partial charge on any atom is -0.323 e. The maximum atomic E-state index is 13.8. The smallest absolute Gasteiger partial charge is 0.323 e. The van der Waals surface area contributed by atoms with Gasteiger partial charge in [-0.15, -0.1) is 0 Å². The quantitative estimate of drug-likeness (QED) is 0.0578. The molecule has 0 spiro atoms. The van der Waals surface area contributed by atoms with E-state index in [0.717, 1.165) is 22.6 Å². The van der Waals surface area contributed by atoms with Gasteiger partial charge >= 0.3 is 184 Å². The monoisotopic (exact) mass is 710 g/mol. The molecule has 0 aliphatic heterocycles. The van der Waals surface area contributed by atoms with Crippen LogP contribution >= 0.6 is 0 Å². The van der Waals surface area contributed by atoms with E-state index >= 15 is 0 Å². The molecule has 19 heteroatoms.